The van der Waals surface area contributed by atoms with E-state index in [1.54, 1.807) is 0 Å². The van der Waals surface area contributed by atoms with Gasteiger partial charge in [-0.15, -0.1) is 0 Å². The monoisotopic (exact) mass is 618 g/mol. The third-order valence-corrected chi connectivity index (χ3v) is 9.09. The van der Waals surface area contributed by atoms with Gasteiger partial charge in [-0.05, 0) is 48.0 Å². The molecular formula is C43H26N2O3. The van der Waals surface area contributed by atoms with Crippen molar-refractivity contribution in [2.24, 2.45) is 0 Å². The molecule has 5 nitrogen and oxygen atoms in total. The summed E-state index contributed by atoms with van der Waals surface area (Å²) in [6.45, 7) is 0. The lowest BCUT2D eigenvalue weighted by atomic mass is 10.0. The second kappa shape index (κ2) is 10.5. The third kappa shape index (κ3) is 4.08. The zero-order chi connectivity index (χ0) is 31.6. The number of anilines is 3. The molecule has 0 aliphatic carbocycles. The van der Waals surface area contributed by atoms with Gasteiger partial charge in [0.1, 0.15) is 33.5 Å². The zero-order valence-electron chi connectivity index (χ0n) is 25.6. The van der Waals surface area contributed by atoms with Gasteiger partial charge in [0.2, 0.25) is 5.89 Å². The van der Waals surface area contributed by atoms with Crippen LogP contribution >= 0.6 is 0 Å². The van der Waals surface area contributed by atoms with E-state index >= 15 is 0 Å². The average molecular weight is 619 g/mol. The minimum absolute atomic E-state index is 0.549. The number of fused-ring (bicyclic) bond motifs is 7. The van der Waals surface area contributed by atoms with Gasteiger partial charge < -0.3 is 18.2 Å². The Labute approximate surface area is 274 Å². The van der Waals surface area contributed by atoms with Crippen LogP contribution < -0.4 is 4.90 Å². The molecule has 10 aromatic rings. The number of hydrogen-bond acceptors (Lipinski definition) is 5. The number of hydrogen-bond donors (Lipinski definition) is 0. The highest BCUT2D eigenvalue weighted by Crippen LogP contribution is 2.50. The van der Waals surface area contributed by atoms with E-state index in [0.717, 1.165) is 77.6 Å². The fraction of sp³-hybridized carbons (Fsp3) is 0. The van der Waals surface area contributed by atoms with Crippen molar-refractivity contribution in [2.75, 3.05) is 4.90 Å². The molecular weight excluding hydrogens is 592 g/mol. The molecule has 0 aliphatic heterocycles. The molecule has 0 N–H and O–H groups in total. The third-order valence-electron chi connectivity index (χ3n) is 9.09. The van der Waals surface area contributed by atoms with Crippen molar-refractivity contribution in [3.63, 3.8) is 0 Å². The first-order valence-corrected chi connectivity index (χ1v) is 16.0. The van der Waals surface area contributed by atoms with Crippen molar-refractivity contribution >= 4 is 72.0 Å². The summed E-state index contributed by atoms with van der Waals surface area (Å²) in [6, 6.07) is 53.7. The number of benzene rings is 7. The van der Waals surface area contributed by atoms with Gasteiger partial charge in [0.25, 0.3) is 0 Å². The maximum absolute atomic E-state index is 6.80. The molecule has 0 atom stereocenters. The highest BCUT2D eigenvalue weighted by Gasteiger charge is 2.28. The summed E-state index contributed by atoms with van der Waals surface area (Å²) < 4.78 is 19.8. The summed E-state index contributed by atoms with van der Waals surface area (Å²) in [5, 5.41) is 4.09. The molecule has 226 valence electrons. The van der Waals surface area contributed by atoms with Crippen molar-refractivity contribution < 1.29 is 13.3 Å². The van der Waals surface area contributed by atoms with Crippen molar-refractivity contribution in [3.8, 4) is 22.6 Å². The maximum Gasteiger partial charge on any atom is 0.227 e. The van der Waals surface area contributed by atoms with Crippen LogP contribution in [0.15, 0.2) is 171 Å². The van der Waals surface area contributed by atoms with Crippen LogP contribution in [-0.4, -0.2) is 4.98 Å². The van der Waals surface area contributed by atoms with E-state index in [1.165, 1.54) is 0 Å². The molecule has 0 aliphatic rings. The summed E-state index contributed by atoms with van der Waals surface area (Å²) >= 11 is 0. The Morgan fingerprint density at radius 3 is 1.90 bits per heavy atom. The highest BCUT2D eigenvalue weighted by molar-refractivity contribution is 6.21. The standard InChI is InChI=1S/C43H26N2O3/c1-3-13-27(14-4-1)30-17-7-10-20-35(30)45(29-23-24-32-31-18-8-11-21-36(31)46-38(32)25-29)41-40-33-19-9-12-22-37(33)47-39(40)26-34-42(41)48-43(44-34)28-15-5-2-6-16-28/h1-26H. The van der Waals surface area contributed by atoms with Crippen LogP contribution in [0.4, 0.5) is 17.1 Å². The first-order chi connectivity index (χ1) is 23.8. The van der Waals surface area contributed by atoms with E-state index in [1.807, 2.05) is 78.9 Å². The molecule has 0 fully saturated rings. The molecule has 0 unspecified atom stereocenters. The minimum Gasteiger partial charge on any atom is -0.456 e. The van der Waals surface area contributed by atoms with E-state index in [4.69, 9.17) is 18.2 Å². The van der Waals surface area contributed by atoms with Gasteiger partial charge in [0.05, 0.1) is 16.8 Å². The van der Waals surface area contributed by atoms with Crippen LogP contribution in [0.25, 0.3) is 77.6 Å². The zero-order valence-corrected chi connectivity index (χ0v) is 25.6. The highest BCUT2D eigenvalue weighted by atomic mass is 16.4. The Balaban J connectivity index is 1.35. The molecule has 7 aromatic carbocycles. The fourth-order valence-corrected chi connectivity index (χ4v) is 6.94. The summed E-state index contributed by atoms with van der Waals surface area (Å²) in [5.74, 6) is 0.549. The van der Waals surface area contributed by atoms with Gasteiger partial charge in [-0.3, -0.25) is 0 Å². The lowest BCUT2D eigenvalue weighted by Gasteiger charge is -2.28. The predicted molar refractivity (Wildman–Crippen MR) is 194 cm³/mol. The summed E-state index contributed by atoms with van der Waals surface area (Å²) in [6.07, 6.45) is 0. The summed E-state index contributed by atoms with van der Waals surface area (Å²) in [5.41, 5.74) is 10.4. The smallest absolute Gasteiger partial charge is 0.227 e. The van der Waals surface area contributed by atoms with Gasteiger partial charge in [-0.25, -0.2) is 4.98 Å². The van der Waals surface area contributed by atoms with Crippen LogP contribution in [0.2, 0.25) is 0 Å². The lowest BCUT2D eigenvalue weighted by molar-refractivity contribution is 0.620. The Morgan fingerprint density at radius 1 is 0.458 bits per heavy atom. The van der Waals surface area contributed by atoms with Crippen molar-refractivity contribution in [2.45, 2.75) is 0 Å². The molecule has 48 heavy (non-hydrogen) atoms. The number of furan rings is 2. The van der Waals surface area contributed by atoms with Crippen LogP contribution in [0.5, 0.6) is 0 Å². The summed E-state index contributed by atoms with van der Waals surface area (Å²) in [7, 11) is 0. The SMILES string of the molecule is c1ccc(-c2nc3cc4oc5ccccc5c4c(N(c4ccc5c(c4)oc4ccccc45)c4ccccc4-c4ccccc4)c3o2)cc1. The number of aromatic nitrogens is 1. The first kappa shape index (κ1) is 26.6. The van der Waals surface area contributed by atoms with E-state index in [9.17, 15) is 0 Å². The minimum atomic E-state index is 0.549. The number of para-hydroxylation sites is 3. The molecule has 0 saturated carbocycles. The average Bonchev–Trinajstić information content (AvgIpc) is 3.85. The lowest BCUT2D eigenvalue weighted by Crippen LogP contribution is -2.12. The number of oxazole rings is 1. The molecule has 0 saturated heterocycles. The van der Waals surface area contributed by atoms with Gasteiger partial charge in [0, 0.05) is 39.4 Å². The Hall–Kier alpha value is -6.59. The molecule has 0 spiro atoms. The maximum atomic E-state index is 6.80. The Bertz CT molecular complexity index is 2790. The van der Waals surface area contributed by atoms with Crippen molar-refractivity contribution in [1.82, 2.24) is 4.98 Å². The van der Waals surface area contributed by atoms with Crippen LogP contribution in [0, 0.1) is 0 Å². The van der Waals surface area contributed by atoms with Gasteiger partial charge in [-0.1, -0.05) is 103 Å². The number of rotatable bonds is 5. The van der Waals surface area contributed by atoms with Gasteiger partial charge >= 0.3 is 0 Å². The summed E-state index contributed by atoms with van der Waals surface area (Å²) in [4.78, 5) is 7.30. The molecule has 0 radical (unpaired) electrons. The molecule has 3 heterocycles. The van der Waals surface area contributed by atoms with Crippen molar-refractivity contribution in [3.05, 3.63) is 158 Å². The van der Waals surface area contributed by atoms with E-state index < -0.39 is 0 Å². The van der Waals surface area contributed by atoms with E-state index in [2.05, 4.69) is 83.8 Å². The molecule has 10 rings (SSSR count). The van der Waals surface area contributed by atoms with E-state index in [0.29, 0.717) is 17.0 Å². The van der Waals surface area contributed by atoms with Gasteiger partial charge in [0.15, 0.2) is 5.58 Å². The van der Waals surface area contributed by atoms with Crippen molar-refractivity contribution in [1.29, 1.82) is 0 Å². The molecule has 5 heteroatoms. The normalized spacial score (nSPS) is 11.8. The first-order valence-electron chi connectivity index (χ1n) is 16.0. The second-order valence-electron chi connectivity index (χ2n) is 11.9. The fourth-order valence-electron chi connectivity index (χ4n) is 6.94. The Morgan fingerprint density at radius 2 is 1.08 bits per heavy atom. The second-order valence-corrected chi connectivity index (χ2v) is 11.9. The molecule has 3 aromatic heterocycles. The quantitative estimate of drug-likeness (QED) is 0.192. The molecule has 0 amide bonds. The van der Waals surface area contributed by atoms with Crippen LogP contribution in [-0.2, 0) is 0 Å². The van der Waals surface area contributed by atoms with Crippen LogP contribution in [0.1, 0.15) is 0 Å². The van der Waals surface area contributed by atoms with Crippen LogP contribution in [0.3, 0.4) is 0 Å². The largest absolute Gasteiger partial charge is 0.456 e. The number of nitrogens with zero attached hydrogens (tertiary/aromatic N) is 2. The Kier molecular flexibility index (Phi) is 5.81. The van der Waals surface area contributed by atoms with E-state index in [-0.39, 0.29) is 0 Å². The topological polar surface area (TPSA) is 55.6 Å². The molecule has 0 bridgehead atoms. The predicted octanol–water partition coefficient (Wildman–Crippen LogP) is 12.4. The van der Waals surface area contributed by atoms with Gasteiger partial charge in [-0.2, -0.15) is 0 Å².